The molecule has 0 aromatic heterocycles. The Balaban J connectivity index is 0.000000562. The van der Waals surface area contributed by atoms with Crippen LogP contribution < -0.4 is 0 Å². The van der Waals surface area contributed by atoms with Crippen LogP contribution in [0.5, 0.6) is 0 Å². The molecule has 2 rings (SSSR count). The van der Waals surface area contributed by atoms with Crippen molar-refractivity contribution in [3.63, 3.8) is 0 Å². The van der Waals surface area contributed by atoms with Gasteiger partial charge in [-0.1, -0.05) is 144 Å². The summed E-state index contributed by atoms with van der Waals surface area (Å²) in [4.78, 5) is 0. The average Bonchev–Trinajstić information content (AvgIpc) is 3.32. The normalized spacial score (nSPS) is 32.9. The molecule has 0 nitrogen and oxygen atoms in total. The monoisotopic (exact) mass is 506 g/mol. The molecule has 0 bridgehead atoms. The third-order valence-corrected chi connectivity index (χ3v) is 9.03. The second-order valence-electron chi connectivity index (χ2n) is 12.4. The second kappa shape index (κ2) is 15.5. The van der Waals surface area contributed by atoms with Gasteiger partial charge < -0.3 is 12.8 Å². The van der Waals surface area contributed by atoms with Crippen LogP contribution in [0.1, 0.15) is 109 Å². The Morgan fingerprint density at radius 1 is 0.548 bits per heavy atom. The first-order valence-corrected chi connectivity index (χ1v) is 13.6. The van der Waals surface area contributed by atoms with Crippen molar-refractivity contribution in [2.45, 2.75) is 109 Å². The molecule has 8 unspecified atom stereocenters. The third kappa shape index (κ3) is 9.57. The van der Waals surface area contributed by atoms with E-state index in [9.17, 15) is 0 Å². The van der Waals surface area contributed by atoms with Gasteiger partial charge in [-0.3, -0.25) is 0 Å². The summed E-state index contributed by atoms with van der Waals surface area (Å²) in [6.07, 6.45) is 10.9. The largest absolute Gasteiger partial charge is 2.00 e. The van der Waals surface area contributed by atoms with Crippen LogP contribution in [0.15, 0.2) is 0 Å². The van der Waals surface area contributed by atoms with E-state index in [4.69, 9.17) is 0 Å². The Bertz CT molecular complexity index is 409. The van der Waals surface area contributed by atoms with E-state index in [1.54, 1.807) is 0 Å². The van der Waals surface area contributed by atoms with E-state index in [-0.39, 0.29) is 45.5 Å². The first kappa shape index (κ1) is 32.5. The first-order chi connectivity index (χ1) is 13.9. The predicted octanol–water partition coefficient (Wildman–Crippen LogP) is 9.22. The van der Waals surface area contributed by atoms with Crippen LogP contribution in [0.4, 0.5) is 0 Å². The maximum Gasteiger partial charge on any atom is 2.00 e. The summed E-state index contributed by atoms with van der Waals surface area (Å²) < 4.78 is 0. The van der Waals surface area contributed by atoms with Crippen LogP contribution in [0.2, 0.25) is 0 Å². The molecule has 0 heterocycles. The maximum absolute atomic E-state index is 2.68. The van der Waals surface area contributed by atoms with Crippen molar-refractivity contribution in [3.05, 3.63) is 12.8 Å². The van der Waals surface area contributed by atoms with E-state index in [1.807, 2.05) is 0 Å². The van der Waals surface area contributed by atoms with E-state index in [0.717, 1.165) is 71.0 Å². The molecule has 2 saturated carbocycles. The van der Waals surface area contributed by atoms with Gasteiger partial charge in [-0.2, -0.15) is 23.7 Å². The van der Waals surface area contributed by atoms with Gasteiger partial charge in [-0.05, 0) is 11.8 Å². The summed E-state index contributed by atoms with van der Waals surface area (Å²) in [6.45, 7) is 28.6. The third-order valence-electron chi connectivity index (χ3n) is 9.03. The van der Waals surface area contributed by atoms with Crippen molar-refractivity contribution in [1.82, 2.24) is 0 Å². The first-order valence-electron chi connectivity index (χ1n) is 13.6. The van der Waals surface area contributed by atoms with Crippen molar-refractivity contribution in [1.29, 1.82) is 0 Å². The molecular formula is C30H58Sr. The van der Waals surface area contributed by atoms with E-state index in [2.05, 4.69) is 95.9 Å². The van der Waals surface area contributed by atoms with Crippen molar-refractivity contribution >= 4 is 45.5 Å². The molecule has 2 fully saturated rings. The molecule has 0 spiro atoms. The van der Waals surface area contributed by atoms with Crippen molar-refractivity contribution in [2.75, 3.05) is 0 Å². The minimum atomic E-state index is 0. The van der Waals surface area contributed by atoms with Gasteiger partial charge in [-0.25, -0.2) is 0 Å². The van der Waals surface area contributed by atoms with Crippen molar-refractivity contribution < 1.29 is 0 Å². The molecule has 1 heteroatoms. The molecule has 0 aromatic rings. The molecule has 0 N–H and O–H groups in total. The van der Waals surface area contributed by atoms with Crippen LogP contribution in [0.25, 0.3) is 0 Å². The zero-order chi connectivity index (χ0) is 23.2. The Labute approximate surface area is 236 Å². The Hall–Kier alpha value is 1.48. The maximum atomic E-state index is 2.68. The van der Waals surface area contributed by atoms with Gasteiger partial charge in [0.1, 0.15) is 0 Å². The standard InChI is InChI=1S/2C15H29.Sr/c2*1-7-12(6)15-9-13(10(2)3)8-14(15)11(4)5;/h9-15H,7-8H2,1-6H3;8,10-15H,7,9H2,1-6H3;/q2*-1;+2. The molecule has 0 saturated heterocycles. The van der Waals surface area contributed by atoms with Crippen LogP contribution >= 0.6 is 0 Å². The molecule has 0 aliphatic heterocycles. The molecule has 180 valence electrons. The number of rotatable bonds is 8. The minimum Gasteiger partial charge on any atom is -0.322 e. The van der Waals surface area contributed by atoms with Crippen LogP contribution in [-0.4, -0.2) is 45.5 Å². The summed E-state index contributed by atoms with van der Waals surface area (Å²) in [5, 5.41) is 0. The summed E-state index contributed by atoms with van der Waals surface area (Å²) in [5.41, 5.74) is 0. The molecule has 31 heavy (non-hydrogen) atoms. The molecule has 2 aliphatic rings. The summed E-state index contributed by atoms with van der Waals surface area (Å²) in [5.74, 6) is 10.5. The molecule has 2 aliphatic carbocycles. The molecular weight excluding hydrogens is 448 g/mol. The van der Waals surface area contributed by atoms with Crippen LogP contribution in [0, 0.1) is 83.9 Å². The van der Waals surface area contributed by atoms with Gasteiger partial charge in [0, 0.05) is 0 Å². The van der Waals surface area contributed by atoms with Gasteiger partial charge >= 0.3 is 45.5 Å². The molecule has 8 atom stereocenters. The van der Waals surface area contributed by atoms with Gasteiger partial charge in [-0.15, -0.1) is 0 Å². The zero-order valence-corrected chi connectivity index (χ0v) is 27.1. The van der Waals surface area contributed by atoms with E-state index >= 15 is 0 Å². The molecule has 0 amide bonds. The smallest absolute Gasteiger partial charge is 0.322 e. The van der Waals surface area contributed by atoms with E-state index in [1.165, 1.54) is 25.7 Å². The molecule has 0 radical (unpaired) electrons. The molecule has 0 aromatic carbocycles. The van der Waals surface area contributed by atoms with Crippen LogP contribution in [-0.2, 0) is 0 Å². The Kier molecular flexibility index (Phi) is 16.2. The SMILES string of the molecule is CCC(C)C1CC(C(C)C)[CH-]C1C(C)C.CCC(C)C1[CH-]C(C(C)C)CC1C(C)C.[Sr+2]. The predicted molar refractivity (Wildman–Crippen MR) is 143 cm³/mol. The Morgan fingerprint density at radius 2 is 0.968 bits per heavy atom. The Morgan fingerprint density at radius 3 is 1.32 bits per heavy atom. The summed E-state index contributed by atoms with van der Waals surface area (Å²) in [7, 11) is 0. The average molecular weight is 506 g/mol. The fourth-order valence-corrected chi connectivity index (χ4v) is 6.18. The number of hydrogen-bond donors (Lipinski definition) is 0. The van der Waals surface area contributed by atoms with Crippen molar-refractivity contribution in [2.24, 2.45) is 71.0 Å². The van der Waals surface area contributed by atoms with E-state index < -0.39 is 0 Å². The quantitative estimate of drug-likeness (QED) is 0.227. The van der Waals surface area contributed by atoms with Gasteiger partial charge in [0.05, 0.1) is 0 Å². The minimum absolute atomic E-state index is 0. The fraction of sp³-hybridized carbons (Fsp3) is 0.933. The fourth-order valence-electron chi connectivity index (χ4n) is 6.18. The second-order valence-corrected chi connectivity index (χ2v) is 12.4. The number of hydrogen-bond acceptors (Lipinski definition) is 0. The van der Waals surface area contributed by atoms with Gasteiger partial charge in [0.15, 0.2) is 0 Å². The summed E-state index contributed by atoms with van der Waals surface area (Å²) >= 11 is 0. The van der Waals surface area contributed by atoms with Crippen LogP contribution in [0.3, 0.4) is 0 Å². The van der Waals surface area contributed by atoms with Crippen molar-refractivity contribution in [3.8, 4) is 0 Å². The van der Waals surface area contributed by atoms with E-state index in [0.29, 0.717) is 0 Å². The van der Waals surface area contributed by atoms with Gasteiger partial charge in [0.2, 0.25) is 0 Å². The topological polar surface area (TPSA) is 0 Å². The zero-order valence-electron chi connectivity index (χ0n) is 23.6. The summed E-state index contributed by atoms with van der Waals surface area (Å²) in [6, 6.07) is 0. The van der Waals surface area contributed by atoms with Gasteiger partial charge in [0.25, 0.3) is 0 Å².